The van der Waals surface area contributed by atoms with E-state index >= 15 is 0 Å². The molecule has 2 atom stereocenters. The molecule has 0 fully saturated rings. The molecule has 0 saturated carbocycles. The molecule has 7 heteroatoms. The van der Waals surface area contributed by atoms with Crippen LogP contribution in [0.3, 0.4) is 0 Å². The number of hydrogen-bond donors (Lipinski definition) is 2. The number of rotatable bonds is 2. The van der Waals surface area contributed by atoms with E-state index in [1.807, 2.05) is 0 Å². The maximum Gasteiger partial charge on any atom is 0.418 e. The molecule has 0 aliphatic heterocycles. The molecule has 3 nitrogen and oxygen atoms in total. The molecule has 0 heterocycles. The van der Waals surface area contributed by atoms with Crippen molar-refractivity contribution in [1.29, 1.82) is 0 Å². The standard InChI is InChI=1S/C4H5F3O3S/c5-4(6,7)3(8)1-2-11(9)10/h1-3,8H,(H,9,10)/b2-1-. The second-order valence-corrected chi connectivity index (χ2v) is 2.42. The van der Waals surface area contributed by atoms with Crippen molar-refractivity contribution in [3.05, 3.63) is 11.5 Å². The van der Waals surface area contributed by atoms with E-state index in [2.05, 4.69) is 0 Å². The van der Waals surface area contributed by atoms with Crippen molar-refractivity contribution in [2.24, 2.45) is 0 Å². The van der Waals surface area contributed by atoms with Crippen molar-refractivity contribution < 1.29 is 27.0 Å². The Morgan fingerprint density at radius 1 is 1.45 bits per heavy atom. The molecular formula is C4H5F3O3S. The van der Waals surface area contributed by atoms with Crippen LogP contribution in [0.1, 0.15) is 0 Å². The highest BCUT2D eigenvalue weighted by atomic mass is 32.2. The van der Waals surface area contributed by atoms with Crippen LogP contribution in [0.2, 0.25) is 0 Å². The van der Waals surface area contributed by atoms with E-state index in [9.17, 15) is 17.4 Å². The highest BCUT2D eigenvalue weighted by molar-refractivity contribution is 7.82. The zero-order chi connectivity index (χ0) is 9.07. The largest absolute Gasteiger partial charge is 0.418 e. The second kappa shape index (κ2) is 3.84. The van der Waals surface area contributed by atoms with Crippen LogP contribution >= 0.6 is 0 Å². The van der Waals surface area contributed by atoms with Gasteiger partial charge in [-0.1, -0.05) is 0 Å². The van der Waals surface area contributed by atoms with Gasteiger partial charge in [-0.05, 0) is 6.08 Å². The summed E-state index contributed by atoms with van der Waals surface area (Å²) >= 11 is -2.46. The molecule has 2 N–H and O–H groups in total. The Morgan fingerprint density at radius 2 is 1.91 bits per heavy atom. The fraction of sp³-hybridized carbons (Fsp3) is 0.500. The minimum atomic E-state index is -4.78. The maximum absolute atomic E-state index is 11.4. The van der Waals surface area contributed by atoms with Crippen LogP contribution in [0, 0.1) is 0 Å². The zero-order valence-corrected chi connectivity index (χ0v) is 5.89. The van der Waals surface area contributed by atoms with Gasteiger partial charge in [-0.25, -0.2) is 4.21 Å². The lowest BCUT2D eigenvalue weighted by Crippen LogP contribution is -2.26. The predicted octanol–water partition coefficient (Wildman–Crippen LogP) is 0.645. The lowest BCUT2D eigenvalue weighted by molar-refractivity contribution is -0.187. The van der Waals surface area contributed by atoms with Gasteiger partial charge in [-0.15, -0.1) is 0 Å². The zero-order valence-electron chi connectivity index (χ0n) is 5.08. The summed E-state index contributed by atoms with van der Waals surface area (Å²) in [6.45, 7) is 0. The maximum atomic E-state index is 11.4. The Kier molecular flexibility index (Phi) is 3.70. The van der Waals surface area contributed by atoms with Gasteiger partial charge in [-0.2, -0.15) is 13.2 Å². The number of aliphatic hydroxyl groups is 1. The molecule has 0 aliphatic carbocycles. The quantitative estimate of drug-likeness (QED) is 0.628. The van der Waals surface area contributed by atoms with E-state index in [0.717, 1.165) is 0 Å². The number of aliphatic hydroxyl groups excluding tert-OH is 1. The van der Waals surface area contributed by atoms with Gasteiger partial charge in [0, 0.05) is 5.41 Å². The molecule has 0 rings (SSSR count). The first kappa shape index (κ1) is 10.6. The van der Waals surface area contributed by atoms with Gasteiger partial charge in [0.05, 0.1) is 0 Å². The predicted molar refractivity (Wildman–Crippen MR) is 32.0 cm³/mol. The lowest BCUT2D eigenvalue weighted by atomic mass is 10.3. The fourth-order valence-electron chi connectivity index (χ4n) is 0.251. The van der Waals surface area contributed by atoms with Crippen molar-refractivity contribution in [2.45, 2.75) is 12.3 Å². The molecular weight excluding hydrogens is 185 g/mol. The highest BCUT2D eigenvalue weighted by Crippen LogP contribution is 2.20. The Hall–Kier alpha value is -0.400. The van der Waals surface area contributed by atoms with Crippen LogP contribution in [-0.4, -0.2) is 26.1 Å². The third-order valence-electron chi connectivity index (χ3n) is 0.713. The van der Waals surface area contributed by atoms with Gasteiger partial charge < -0.3 is 9.66 Å². The number of alkyl halides is 3. The van der Waals surface area contributed by atoms with E-state index < -0.39 is 23.4 Å². The van der Waals surface area contributed by atoms with Crippen molar-refractivity contribution >= 4 is 11.1 Å². The molecule has 0 aromatic heterocycles. The van der Waals surface area contributed by atoms with Gasteiger partial charge in [0.15, 0.2) is 17.2 Å². The minimum Gasteiger partial charge on any atom is -0.380 e. The lowest BCUT2D eigenvalue weighted by Gasteiger charge is -2.08. The number of halogens is 3. The highest BCUT2D eigenvalue weighted by Gasteiger charge is 2.36. The fourth-order valence-corrected chi connectivity index (χ4v) is 0.534. The second-order valence-electron chi connectivity index (χ2n) is 1.59. The first-order valence-corrected chi connectivity index (χ1v) is 3.54. The average Bonchev–Trinajstić information content (AvgIpc) is 1.80. The Labute approximate surface area is 62.8 Å². The molecule has 2 unspecified atom stereocenters. The van der Waals surface area contributed by atoms with Crippen LogP contribution in [0.15, 0.2) is 11.5 Å². The van der Waals surface area contributed by atoms with Gasteiger partial charge in [-0.3, -0.25) is 0 Å². The molecule has 0 spiro atoms. The molecule has 0 bridgehead atoms. The summed E-state index contributed by atoms with van der Waals surface area (Å²) in [4.78, 5) is 0. The molecule has 0 saturated heterocycles. The smallest absolute Gasteiger partial charge is 0.380 e. The topological polar surface area (TPSA) is 57.5 Å². The molecule has 0 radical (unpaired) electrons. The van der Waals surface area contributed by atoms with Crippen LogP contribution in [0.5, 0.6) is 0 Å². The Balaban J connectivity index is 4.07. The summed E-state index contributed by atoms with van der Waals surface area (Å²) in [5.41, 5.74) is 0. The first-order chi connectivity index (χ1) is 4.84. The van der Waals surface area contributed by atoms with Crippen molar-refractivity contribution in [1.82, 2.24) is 0 Å². The average molecular weight is 190 g/mol. The molecule has 0 aromatic carbocycles. The van der Waals surface area contributed by atoms with Crippen molar-refractivity contribution in [3.63, 3.8) is 0 Å². The summed E-state index contributed by atoms with van der Waals surface area (Å²) in [5.74, 6) is 0. The van der Waals surface area contributed by atoms with Gasteiger partial charge in [0.1, 0.15) is 0 Å². The molecule has 66 valence electrons. The molecule has 0 aromatic rings. The molecule has 0 amide bonds. The van der Waals surface area contributed by atoms with E-state index in [4.69, 9.17) is 9.66 Å². The van der Waals surface area contributed by atoms with Crippen molar-refractivity contribution in [2.75, 3.05) is 0 Å². The first-order valence-electron chi connectivity index (χ1n) is 2.37. The van der Waals surface area contributed by atoms with Gasteiger partial charge in [0.25, 0.3) is 0 Å². The monoisotopic (exact) mass is 190 g/mol. The van der Waals surface area contributed by atoms with E-state index in [1.54, 1.807) is 0 Å². The normalized spacial score (nSPS) is 18.6. The Bertz CT molecular complexity index is 176. The third kappa shape index (κ3) is 4.93. The van der Waals surface area contributed by atoms with E-state index in [1.165, 1.54) is 0 Å². The summed E-state index contributed by atoms with van der Waals surface area (Å²) in [6, 6.07) is 0. The van der Waals surface area contributed by atoms with Gasteiger partial charge >= 0.3 is 6.18 Å². The van der Waals surface area contributed by atoms with E-state index in [-0.39, 0.29) is 6.08 Å². The molecule has 11 heavy (non-hydrogen) atoms. The Morgan fingerprint density at radius 3 is 2.18 bits per heavy atom. The van der Waals surface area contributed by atoms with Crippen LogP contribution in [0.4, 0.5) is 13.2 Å². The van der Waals surface area contributed by atoms with Crippen LogP contribution in [0.25, 0.3) is 0 Å². The summed E-state index contributed by atoms with van der Waals surface area (Å²) in [7, 11) is 0. The van der Waals surface area contributed by atoms with Crippen LogP contribution in [-0.2, 0) is 11.1 Å². The minimum absolute atomic E-state index is 0.204. The van der Waals surface area contributed by atoms with Gasteiger partial charge in [0.2, 0.25) is 0 Å². The third-order valence-corrected chi connectivity index (χ3v) is 1.10. The van der Waals surface area contributed by atoms with E-state index in [0.29, 0.717) is 5.41 Å². The van der Waals surface area contributed by atoms with Crippen molar-refractivity contribution in [3.8, 4) is 0 Å². The summed E-state index contributed by atoms with van der Waals surface area (Å²) in [5, 5.41) is 8.52. The van der Waals surface area contributed by atoms with Crippen LogP contribution < -0.4 is 0 Å². The number of hydrogen-bond acceptors (Lipinski definition) is 2. The summed E-state index contributed by atoms with van der Waals surface area (Å²) in [6.07, 6.45) is -7.26. The molecule has 0 aliphatic rings. The SMILES string of the molecule is O=S(O)/C=C\C(O)C(F)(F)F. The summed E-state index contributed by atoms with van der Waals surface area (Å²) < 4.78 is 52.0.